The molecule has 0 saturated heterocycles. The van der Waals surface area contributed by atoms with Crippen molar-refractivity contribution in [1.82, 2.24) is 0 Å². The van der Waals surface area contributed by atoms with Gasteiger partial charge in [-0.05, 0) is 78.1 Å². The number of ketones is 1. The van der Waals surface area contributed by atoms with E-state index in [9.17, 15) is 36.2 Å². The van der Waals surface area contributed by atoms with Gasteiger partial charge in [-0.2, -0.15) is 26.3 Å². The molecule has 0 radical (unpaired) electrons. The van der Waals surface area contributed by atoms with Crippen molar-refractivity contribution in [1.29, 1.82) is 0 Å². The Morgan fingerprint density at radius 1 is 0.824 bits per heavy atom. The number of hydrogen-bond acceptors (Lipinski definition) is 3. The molecule has 4 rings (SSSR count). The lowest BCUT2D eigenvalue weighted by molar-refractivity contribution is -0.143. The zero-order valence-corrected chi connectivity index (χ0v) is 17.5. The Bertz CT molecular complexity index is 1180. The van der Waals surface area contributed by atoms with Gasteiger partial charge >= 0.3 is 12.4 Å². The molecule has 3 nitrogen and oxygen atoms in total. The van der Waals surface area contributed by atoms with Crippen LogP contribution in [0.2, 0.25) is 0 Å². The molecule has 178 valence electrons. The van der Waals surface area contributed by atoms with Gasteiger partial charge in [-0.1, -0.05) is 12.1 Å². The Morgan fingerprint density at radius 2 is 1.44 bits per heavy atom. The lowest BCUT2D eigenvalue weighted by atomic mass is 9.93. The molecule has 0 saturated carbocycles. The number of carbonyl (C=O) groups excluding carboxylic acids is 1. The van der Waals surface area contributed by atoms with Gasteiger partial charge in [-0.15, -0.1) is 0 Å². The second-order valence-corrected chi connectivity index (χ2v) is 8.16. The first kappa shape index (κ1) is 23.7. The van der Waals surface area contributed by atoms with E-state index in [-0.39, 0.29) is 42.6 Å². The summed E-state index contributed by atoms with van der Waals surface area (Å²) in [6, 6.07) is 12.6. The van der Waals surface area contributed by atoms with Crippen molar-refractivity contribution in [2.75, 3.05) is 0 Å². The molecular formula is C25H18F6O3. The number of benzene rings is 3. The summed E-state index contributed by atoms with van der Waals surface area (Å²) in [5.74, 6) is -0.509. The number of carbonyl (C=O) groups is 1. The van der Waals surface area contributed by atoms with Gasteiger partial charge in [0.15, 0.2) is 5.78 Å². The maximum absolute atomic E-state index is 13.1. The van der Waals surface area contributed by atoms with Crippen LogP contribution in [0.5, 0.6) is 11.5 Å². The summed E-state index contributed by atoms with van der Waals surface area (Å²) >= 11 is 0. The van der Waals surface area contributed by atoms with Crippen molar-refractivity contribution < 1.29 is 41.0 Å². The minimum atomic E-state index is -4.94. The van der Waals surface area contributed by atoms with Crippen LogP contribution in [0, 0.1) is 5.92 Å². The van der Waals surface area contributed by atoms with Gasteiger partial charge in [0.1, 0.15) is 18.1 Å². The van der Waals surface area contributed by atoms with E-state index in [0.29, 0.717) is 29.0 Å². The topological polar surface area (TPSA) is 46.5 Å². The Balaban J connectivity index is 1.51. The molecule has 9 heteroatoms. The summed E-state index contributed by atoms with van der Waals surface area (Å²) in [4.78, 5) is 12.8. The fourth-order valence-electron chi connectivity index (χ4n) is 3.99. The zero-order chi connectivity index (χ0) is 24.7. The molecule has 1 atom stereocenters. The second kappa shape index (κ2) is 8.70. The molecule has 1 unspecified atom stereocenters. The monoisotopic (exact) mass is 480 g/mol. The first-order valence-electron chi connectivity index (χ1n) is 10.3. The van der Waals surface area contributed by atoms with Crippen molar-refractivity contribution in [3.05, 3.63) is 94.0 Å². The van der Waals surface area contributed by atoms with Crippen LogP contribution in [0.15, 0.2) is 60.7 Å². The standard InChI is InChI=1S/C25H18F6O3/c26-24(27,28)18-8-15(9-19(12-18)25(29,30)31)7-17-10-16-11-21(5-6-22(16)23(17)33)34-13-14-1-3-20(32)4-2-14/h1-6,8-9,11-12,17,32H,7,10,13H2. The molecule has 0 amide bonds. The van der Waals surface area contributed by atoms with Crippen molar-refractivity contribution in [3.63, 3.8) is 0 Å². The third kappa shape index (κ3) is 5.18. The number of hydrogen-bond donors (Lipinski definition) is 1. The van der Waals surface area contributed by atoms with Crippen LogP contribution in [-0.4, -0.2) is 10.9 Å². The van der Waals surface area contributed by atoms with Crippen molar-refractivity contribution in [2.24, 2.45) is 5.92 Å². The van der Waals surface area contributed by atoms with E-state index in [2.05, 4.69) is 0 Å². The van der Waals surface area contributed by atoms with Gasteiger partial charge in [-0.3, -0.25) is 4.79 Å². The summed E-state index contributed by atoms with van der Waals surface area (Å²) in [5.41, 5.74) is -1.18. The number of phenolic OH excluding ortho intramolecular Hbond substituents is 1. The average molecular weight is 480 g/mol. The number of aromatic hydroxyl groups is 1. The van der Waals surface area contributed by atoms with E-state index in [0.717, 1.165) is 5.56 Å². The highest BCUT2D eigenvalue weighted by Gasteiger charge is 2.38. The van der Waals surface area contributed by atoms with E-state index < -0.39 is 29.4 Å². The van der Waals surface area contributed by atoms with E-state index >= 15 is 0 Å². The Hall–Kier alpha value is -3.49. The minimum Gasteiger partial charge on any atom is -0.508 e. The fourth-order valence-corrected chi connectivity index (χ4v) is 3.99. The molecule has 0 aliphatic heterocycles. The maximum Gasteiger partial charge on any atom is 0.416 e. The van der Waals surface area contributed by atoms with Crippen molar-refractivity contribution in [3.8, 4) is 11.5 Å². The van der Waals surface area contributed by atoms with E-state index in [1.807, 2.05) is 0 Å². The minimum absolute atomic E-state index is 0.0758. The lowest BCUT2D eigenvalue weighted by Gasteiger charge is -2.15. The third-order valence-corrected chi connectivity index (χ3v) is 5.65. The molecule has 1 N–H and O–H groups in total. The molecule has 1 aliphatic rings. The van der Waals surface area contributed by atoms with Gasteiger partial charge in [0, 0.05) is 11.5 Å². The van der Waals surface area contributed by atoms with Crippen LogP contribution in [0.25, 0.3) is 0 Å². The molecule has 3 aromatic carbocycles. The average Bonchev–Trinajstić information content (AvgIpc) is 3.06. The molecule has 1 aliphatic carbocycles. The van der Waals surface area contributed by atoms with Crippen molar-refractivity contribution in [2.45, 2.75) is 31.8 Å². The summed E-state index contributed by atoms with van der Waals surface area (Å²) in [6.07, 6.45) is -9.95. The van der Waals surface area contributed by atoms with Crippen LogP contribution in [0.1, 0.15) is 38.2 Å². The molecule has 3 aromatic rings. The molecule has 0 fully saturated rings. The highest BCUT2D eigenvalue weighted by molar-refractivity contribution is 6.02. The van der Waals surface area contributed by atoms with E-state index in [4.69, 9.17) is 4.74 Å². The van der Waals surface area contributed by atoms with Crippen LogP contribution < -0.4 is 4.74 Å². The normalized spacial score (nSPS) is 15.9. The van der Waals surface area contributed by atoms with Crippen molar-refractivity contribution >= 4 is 5.78 Å². The molecule has 0 spiro atoms. The van der Waals surface area contributed by atoms with Gasteiger partial charge in [0.25, 0.3) is 0 Å². The summed E-state index contributed by atoms with van der Waals surface area (Å²) in [6.45, 7) is 0.209. The first-order valence-corrected chi connectivity index (χ1v) is 10.3. The van der Waals surface area contributed by atoms with E-state index in [1.165, 1.54) is 12.1 Å². The predicted octanol–water partition coefficient (Wildman–Crippen LogP) is 6.61. The maximum atomic E-state index is 13.1. The largest absolute Gasteiger partial charge is 0.508 e. The van der Waals surface area contributed by atoms with Gasteiger partial charge < -0.3 is 9.84 Å². The first-order chi connectivity index (χ1) is 15.9. The molecule has 34 heavy (non-hydrogen) atoms. The highest BCUT2D eigenvalue weighted by Crippen LogP contribution is 2.38. The Labute approximate surface area is 190 Å². The lowest BCUT2D eigenvalue weighted by Crippen LogP contribution is -2.15. The number of Topliss-reactive ketones (excluding diaryl/α,β-unsaturated/α-hetero) is 1. The number of phenols is 1. The summed E-state index contributed by atoms with van der Waals surface area (Å²) in [7, 11) is 0. The number of alkyl halides is 6. The number of rotatable bonds is 5. The zero-order valence-electron chi connectivity index (χ0n) is 17.5. The van der Waals surface area contributed by atoms with Gasteiger partial charge in [0.2, 0.25) is 0 Å². The van der Waals surface area contributed by atoms with E-state index in [1.54, 1.807) is 30.3 Å². The molecule has 0 heterocycles. The summed E-state index contributed by atoms with van der Waals surface area (Å²) in [5, 5.41) is 9.33. The number of fused-ring (bicyclic) bond motifs is 1. The smallest absolute Gasteiger partial charge is 0.416 e. The van der Waals surface area contributed by atoms with Crippen LogP contribution in [0.3, 0.4) is 0 Å². The highest BCUT2D eigenvalue weighted by atomic mass is 19.4. The number of halogens is 6. The van der Waals surface area contributed by atoms with Gasteiger partial charge in [0.05, 0.1) is 11.1 Å². The quantitative estimate of drug-likeness (QED) is 0.418. The van der Waals surface area contributed by atoms with Crippen LogP contribution in [0.4, 0.5) is 26.3 Å². The molecule has 0 bridgehead atoms. The fraction of sp³-hybridized carbons (Fsp3) is 0.240. The third-order valence-electron chi connectivity index (χ3n) is 5.65. The van der Waals surface area contributed by atoms with Gasteiger partial charge in [-0.25, -0.2) is 0 Å². The Morgan fingerprint density at radius 3 is 2.03 bits per heavy atom. The van der Waals surface area contributed by atoms with Crippen LogP contribution in [-0.2, 0) is 31.8 Å². The Kier molecular flexibility index (Phi) is 6.05. The predicted molar refractivity (Wildman–Crippen MR) is 111 cm³/mol. The molecule has 0 aromatic heterocycles. The summed E-state index contributed by atoms with van der Waals surface area (Å²) < 4.78 is 84.6. The molecular weight excluding hydrogens is 462 g/mol. The second-order valence-electron chi connectivity index (χ2n) is 8.16. The van der Waals surface area contributed by atoms with Crippen LogP contribution >= 0.6 is 0 Å². The number of ether oxygens (including phenoxy) is 1. The SMILES string of the molecule is O=C1c2ccc(OCc3ccc(O)cc3)cc2CC1Cc1cc(C(F)(F)F)cc(C(F)(F)F)c1.